The Bertz CT molecular complexity index is 607. The van der Waals surface area contributed by atoms with E-state index in [0.29, 0.717) is 16.6 Å². The highest BCUT2D eigenvalue weighted by molar-refractivity contribution is 6.90. The average molecular weight is 371 g/mol. The molecule has 0 amide bonds. The molecule has 2 heteroatoms. The van der Waals surface area contributed by atoms with Crippen molar-refractivity contribution in [1.29, 1.82) is 0 Å². The zero-order valence-corrected chi connectivity index (χ0v) is 18.9. The zero-order chi connectivity index (χ0) is 19.3. The van der Waals surface area contributed by atoms with Crippen molar-refractivity contribution in [3.05, 3.63) is 35.4 Å². The van der Waals surface area contributed by atoms with Crippen LogP contribution in [-0.4, -0.2) is 21.8 Å². The fraction of sp³-hybridized carbons (Fsp3) is 0.667. The van der Waals surface area contributed by atoms with Crippen molar-refractivity contribution in [2.45, 2.75) is 83.3 Å². The molecule has 144 valence electrons. The molecule has 1 nitrogen and oxygen atoms in total. The van der Waals surface area contributed by atoms with Gasteiger partial charge in [-0.15, -0.1) is 5.54 Å². The topological polar surface area (TPSA) is 9.23 Å². The van der Waals surface area contributed by atoms with Gasteiger partial charge >= 0.3 is 0 Å². The normalized spacial score (nSPS) is 20.2. The molecule has 0 aliphatic heterocycles. The van der Waals surface area contributed by atoms with Crippen LogP contribution in [0, 0.1) is 17.4 Å². The van der Waals surface area contributed by atoms with Crippen LogP contribution in [0.25, 0.3) is 0 Å². The predicted molar refractivity (Wildman–Crippen MR) is 116 cm³/mol. The Morgan fingerprint density at radius 3 is 2.19 bits per heavy atom. The molecule has 0 radical (unpaired) electrons. The van der Waals surface area contributed by atoms with Gasteiger partial charge in [0, 0.05) is 19.3 Å². The van der Waals surface area contributed by atoms with Gasteiger partial charge in [-0.3, -0.25) is 0 Å². The molecule has 0 spiro atoms. The minimum absolute atomic E-state index is 0.686. The highest BCUT2D eigenvalue weighted by Gasteiger charge is 2.41. The van der Waals surface area contributed by atoms with Crippen LogP contribution in [-0.2, 0) is 4.74 Å². The molecule has 1 saturated carbocycles. The fourth-order valence-electron chi connectivity index (χ4n) is 5.01. The van der Waals surface area contributed by atoms with Gasteiger partial charge in [-0.05, 0) is 65.4 Å². The number of methoxy groups -OCH3 is 1. The van der Waals surface area contributed by atoms with E-state index in [1.54, 1.807) is 7.11 Å². The van der Waals surface area contributed by atoms with Crippen molar-refractivity contribution in [3.63, 3.8) is 0 Å². The molecule has 0 aromatic heterocycles. The number of rotatable bonds is 7. The Hall–Kier alpha value is -1.04. The molecule has 26 heavy (non-hydrogen) atoms. The monoisotopic (exact) mass is 370 g/mol. The first kappa shape index (κ1) is 21.3. The molecule has 1 fully saturated rings. The third kappa shape index (κ3) is 4.62. The Labute approximate surface area is 162 Å². The van der Waals surface area contributed by atoms with Gasteiger partial charge in [0.2, 0.25) is 0 Å². The fourth-order valence-corrected chi connectivity index (χ4v) is 10.2. The van der Waals surface area contributed by atoms with Crippen molar-refractivity contribution in [2.75, 3.05) is 13.7 Å². The van der Waals surface area contributed by atoms with Gasteiger partial charge in [0.05, 0.1) is 0 Å². The molecule has 0 bridgehead atoms. The van der Waals surface area contributed by atoms with E-state index in [1.165, 1.54) is 30.4 Å². The van der Waals surface area contributed by atoms with Crippen LogP contribution < -0.4 is 0 Å². The van der Waals surface area contributed by atoms with Gasteiger partial charge in [0.1, 0.15) is 8.07 Å². The molecule has 1 aliphatic rings. The smallest absolute Gasteiger partial charge is 0.146 e. The summed E-state index contributed by atoms with van der Waals surface area (Å²) in [6.45, 7) is 15.2. The number of benzene rings is 1. The summed E-state index contributed by atoms with van der Waals surface area (Å²) in [6.07, 6.45) is 3.82. The first-order valence-corrected chi connectivity index (χ1v) is 12.7. The first-order valence-electron chi connectivity index (χ1n) is 10.4. The molecule has 0 N–H and O–H groups in total. The van der Waals surface area contributed by atoms with Gasteiger partial charge in [-0.2, -0.15) is 0 Å². The van der Waals surface area contributed by atoms with Crippen molar-refractivity contribution < 1.29 is 4.74 Å². The van der Waals surface area contributed by atoms with Gasteiger partial charge in [-0.25, -0.2) is 0 Å². The minimum atomic E-state index is -1.65. The molecule has 1 aromatic rings. The number of hydrogen-bond donors (Lipinski definition) is 0. The SMILES string of the molecule is COCCC1CC(c2cccc(C#C[Si](C(C)C)(C(C)C)C(C)C)c2)C1. The summed E-state index contributed by atoms with van der Waals surface area (Å²) in [4.78, 5) is 0. The van der Waals surface area contributed by atoms with Crippen LogP contribution in [0.1, 0.15) is 77.8 Å². The standard InChI is InChI=1S/C24H38OSi/c1-18(2)26(19(3)4,20(5)6)14-12-21-9-8-10-23(15-21)24-16-22(17-24)11-13-25-7/h8-10,15,18-20,22,24H,11,13,16-17H2,1-7H3. The lowest BCUT2D eigenvalue weighted by Crippen LogP contribution is -2.43. The maximum Gasteiger partial charge on any atom is 0.146 e. The summed E-state index contributed by atoms with van der Waals surface area (Å²) in [5.74, 6) is 5.18. The molecule has 0 saturated heterocycles. The van der Waals surface area contributed by atoms with Crippen molar-refractivity contribution in [2.24, 2.45) is 5.92 Å². The second-order valence-corrected chi connectivity index (χ2v) is 14.7. The quantitative estimate of drug-likeness (QED) is 0.379. The third-order valence-corrected chi connectivity index (χ3v) is 12.9. The minimum Gasteiger partial charge on any atom is -0.385 e. The van der Waals surface area contributed by atoms with E-state index in [9.17, 15) is 0 Å². The molecule has 1 aromatic carbocycles. The number of ether oxygens (including phenoxy) is 1. The van der Waals surface area contributed by atoms with E-state index in [-0.39, 0.29) is 0 Å². The Balaban J connectivity index is 2.15. The summed E-state index contributed by atoms with van der Waals surface area (Å²) in [6, 6.07) is 9.04. The summed E-state index contributed by atoms with van der Waals surface area (Å²) in [5.41, 5.74) is 8.61. The molecule has 0 atom stereocenters. The van der Waals surface area contributed by atoms with Crippen molar-refractivity contribution in [1.82, 2.24) is 0 Å². The van der Waals surface area contributed by atoms with Gasteiger partial charge in [-0.1, -0.05) is 59.6 Å². The molecule has 0 unspecified atom stereocenters. The van der Waals surface area contributed by atoms with E-state index in [1.807, 2.05) is 0 Å². The number of hydrogen-bond acceptors (Lipinski definition) is 1. The van der Waals surface area contributed by atoms with Crippen LogP contribution in [0.2, 0.25) is 16.6 Å². The van der Waals surface area contributed by atoms with E-state index >= 15 is 0 Å². The van der Waals surface area contributed by atoms with E-state index in [2.05, 4.69) is 77.3 Å². The summed E-state index contributed by atoms with van der Waals surface area (Å²) >= 11 is 0. The van der Waals surface area contributed by atoms with Crippen LogP contribution in [0.5, 0.6) is 0 Å². The molecular weight excluding hydrogens is 332 g/mol. The summed E-state index contributed by atoms with van der Waals surface area (Å²) in [5, 5.41) is 0. The maximum absolute atomic E-state index is 5.22. The summed E-state index contributed by atoms with van der Waals surface area (Å²) in [7, 11) is 0.148. The average Bonchev–Trinajstić information content (AvgIpc) is 2.53. The second kappa shape index (κ2) is 9.24. The molecule has 1 aliphatic carbocycles. The lowest BCUT2D eigenvalue weighted by Gasteiger charge is -2.38. The van der Waals surface area contributed by atoms with Gasteiger partial charge in [0.25, 0.3) is 0 Å². The van der Waals surface area contributed by atoms with Crippen LogP contribution in [0.3, 0.4) is 0 Å². The van der Waals surface area contributed by atoms with Crippen molar-refractivity contribution in [3.8, 4) is 11.5 Å². The van der Waals surface area contributed by atoms with E-state index in [4.69, 9.17) is 4.74 Å². The molecular formula is C24H38OSi. The second-order valence-electron chi connectivity index (χ2n) is 9.09. The lowest BCUT2D eigenvalue weighted by molar-refractivity contribution is 0.143. The highest BCUT2D eigenvalue weighted by Crippen LogP contribution is 2.43. The Morgan fingerprint density at radius 2 is 1.65 bits per heavy atom. The Morgan fingerprint density at radius 1 is 1.04 bits per heavy atom. The Kier molecular flexibility index (Phi) is 7.56. The van der Waals surface area contributed by atoms with E-state index in [0.717, 1.165) is 18.4 Å². The molecule has 2 rings (SSSR count). The first-order chi connectivity index (χ1) is 12.3. The van der Waals surface area contributed by atoms with Crippen molar-refractivity contribution >= 4 is 8.07 Å². The maximum atomic E-state index is 5.22. The third-order valence-electron chi connectivity index (χ3n) is 6.61. The lowest BCUT2D eigenvalue weighted by atomic mass is 9.70. The van der Waals surface area contributed by atoms with Crippen LogP contribution in [0.15, 0.2) is 24.3 Å². The summed E-state index contributed by atoms with van der Waals surface area (Å²) < 4.78 is 5.22. The van der Waals surface area contributed by atoms with Crippen LogP contribution >= 0.6 is 0 Å². The van der Waals surface area contributed by atoms with Gasteiger partial charge in [0.15, 0.2) is 0 Å². The van der Waals surface area contributed by atoms with Gasteiger partial charge < -0.3 is 4.74 Å². The predicted octanol–water partition coefficient (Wildman–Crippen LogP) is 6.79. The van der Waals surface area contributed by atoms with Crippen LogP contribution in [0.4, 0.5) is 0 Å². The largest absolute Gasteiger partial charge is 0.385 e. The molecule has 0 heterocycles. The van der Waals surface area contributed by atoms with E-state index < -0.39 is 8.07 Å². The highest BCUT2D eigenvalue weighted by atomic mass is 28.3. The zero-order valence-electron chi connectivity index (χ0n) is 17.9.